The Morgan fingerprint density at radius 1 is 0.947 bits per heavy atom. The van der Waals surface area contributed by atoms with Gasteiger partial charge in [-0.15, -0.1) is 0 Å². The zero-order valence-electron chi connectivity index (χ0n) is 20.3. The Kier molecular flexibility index (Phi) is 5.89. The second-order valence-electron chi connectivity index (χ2n) is 8.68. The van der Waals surface area contributed by atoms with E-state index >= 15 is 0 Å². The van der Waals surface area contributed by atoms with Crippen LogP contribution in [0, 0.1) is 6.92 Å². The van der Waals surface area contributed by atoms with Gasteiger partial charge in [0.15, 0.2) is 17.3 Å². The summed E-state index contributed by atoms with van der Waals surface area (Å²) >= 11 is 0. The number of nitrogens with zero attached hydrogens (tertiary/aromatic N) is 3. The number of rotatable bonds is 5. The highest BCUT2D eigenvalue weighted by Crippen LogP contribution is 2.33. The van der Waals surface area contributed by atoms with Crippen LogP contribution in [0.3, 0.4) is 0 Å². The Balaban J connectivity index is 1.37. The van der Waals surface area contributed by atoms with E-state index < -0.39 is 5.97 Å². The van der Waals surface area contributed by atoms with Crippen LogP contribution in [-0.4, -0.2) is 28.6 Å². The fraction of sp³-hybridized carbons (Fsp3) is 0.0667. The molecule has 0 fully saturated rings. The first-order chi connectivity index (χ1) is 18.6. The Morgan fingerprint density at radius 3 is 2.58 bits per heavy atom. The number of hydrogen-bond acceptors (Lipinski definition) is 7. The van der Waals surface area contributed by atoms with E-state index in [-0.39, 0.29) is 18.1 Å². The molecule has 4 aromatic carbocycles. The third-order valence-electron chi connectivity index (χ3n) is 6.11. The SMILES string of the molecule is Cc1ccc(-c2nc3ccccc3c(=O)n2N=Cc2ccccc2OC(=O)c2ccc3c(c2)OCO3)cc1. The highest BCUT2D eigenvalue weighted by molar-refractivity contribution is 5.94. The molecule has 2 heterocycles. The minimum atomic E-state index is -0.561. The number of aryl methyl sites for hydroxylation is 1. The van der Waals surface area contributed by atoms with E-state index in [0.717, 1.165) is 11.1 Å². The minimum Gasteiger partial charge on any atom is -0.454 e. The smallest absolute Gasteiger partial charge is 0.343 e. The molecule has 0 aliphatic carbocycles. The molecule has 0 amide bonds. The van der Waals surface area contributed by atoms with Crippen LogP contribution >= 0.6 is 0 Å². The van der Waals surface area contributed by atoms with Gasteiger partial charge in [-0.1, -0.05) is 54.1 Å². The van der Waals surface area contributed by atoms with Crippen LogP contribution in [0.25, 0.3) is 22.3 Å². The summed E-state index contributed by atoms with van der Waals surface area (Å²) in [5, 5.41) is 4.95. The maximum atomic E-state index is 13.5. The molecular formula is C30H21N3O5. The lowest BCUT2D eigenvalue weighted by atomic mass is 10.1. The summed E-state index contributed by atoms with van der Waals surface area (Å²) in [6, 6.07) is 26.7. The van der Waals surface area contributed by atoms with Gasteiger partial charge in [-0.05, 0) is 49.4 Å². The third-order valence-corrected chi connectivity index (χ3v) is 6.11. The second-order valence-corrected chi connectivity index (χ2v) is 8.68. The topological polar surface area (TPSA) is 92.0 Å². The molecule has 5 aromatic rings. The van der Waals surface area contributed by atoms with Gasteiger partial charge in [-0.25, -0.2) is 9.78 Å². The Bertz CT molecular complexity index is 1770. The van der Waals surface area contributed by atoms with E-state index in [9.17, 15) is 9.59 Å². The molecule has 0 bridgehead atoms. The Morgan fingerprint density at radius 2 is 1.71 bits per heavy atom. The predicted octanol–water partition coefficient (Wildman–Crippen LogP) is 5.20. The molecule has 0 saturated carbocycles. The summed E-state index contributed by atoms with van der Waals surface area (Å²) in [5.41, 5.74) is 2.94. The number of carbonyl (C=O) groups is 1. The predicted molar refractivity (Wildman–Crippen MR) is 143 cm³/mol. The number of aromatic nitrogens is 2. The van der Waals surface area contributed by atoms with Gasteiger partial charge in [0.05, 0.1) is 22.7 Å². The van der Waals surface area contributed by atoms with Crippen molar-refractivity contribution in [1.82, 2.24) is 9.66 Å². The summed E-state index contributed by atoms with van der Waals surface area (Å²) in [6.07, 6.45) is 1.48. The van der Waals surface area contributed by atoms with E-state index in [4.69, 9.17) is 19.2 Å². The zero-order chi connectivity index (χ0) is 26.1. The average Bonchev–Trinajstić information content (AvgIpc) is 3.42. The third kappa shape index (κ3) is 4.39. The zero-order valence-corrected chi connectivity index (χ0v) is 20.3. The van der Waals surface area contributed by atoms with Crippen molar-refractivity contribution in [1.29, 1.82) is 0 Å². The van der Waals surface area contributed by atoms with Crippen molar-refractivity contribution < 1.29 is 19.0 Å². The van der Waals surface area contributed by atoms with Gasteiger partial charge < -0.3 is 14.2 Å². The van der Waals surface area contributed by atoms with Gasteiger partial charge in [0.2, 0.25) is 6.79 Å². The Hall–Kier alpha value is -5.24. The molecule has 1 aliphatic heterocycles. The quantitative estimate of drug-likeness (QED) is 0.186. The van der Waals surface area contributed by atoms with E-state index in [2.05, 4.69) is 5.10 Å². The molecule has 8 nitrogen and oxygen atoms in total. The lowest BCUT2D eigenvalue weighted by Crippen LogP contribution is -2.20. The molecule has 0 spiro atoms. The van der Waals surface area contributed by atoms with Crippen molar-refractivity contribution in [2.45, 2.75) is 6.92 Å². The van der Waals surface area contributed by atoms with Crippen LogP contribution in [0.5, 0.6) is 17.2 Å². The van der Waals surface area contributed by atoms with Crippen molar-refractivity contribution in [2.75, 3.05) is 6.79 Å². The van der Waals surface area contributed by atoms with Crippen molar-refractivity contribution in [2.24, 2.45) is 5.10 Å². The standard InChI is InChI=1S/C30H21N3O5/c1-19-10-12-20(13-11-19)28-32-24-8-4-3-7-23(24)29(34)33(28)31-17-22-6-2-5-9-25(22)38-30(35)21-14-15-26-27(16-21)37-18-36-26/h2-17H,18H2,1H3. The first-order valence-corrected chi connectivity index (χ1v) is 11.9. The molecule has 0 atom stereocenters. The van der Waals surface area contributed by atoms with Crippen molar-refractivity contribution in [3.8, 4) is 28.6 Å². The van der Waals surface area contributed by atoms with Gasteiger partial charge in [-0.2, -0.15) is 9.78 Å². The van der Waals surface area contributed by atoms with Gasteiger partial charge in [0, 0.05) is 11.1 Å². The van der Waals surface area contributed by atoms with Gasteiger partial charge in [-0.3, -0.25) is 4.79 Å². The fourth-order valence-corrected chi connectivity index (χ4v) is 4.10. The van der Waals surface area contributed by atoms with Crippen LogP contribution in [0.2, 0.25) is 0 Å². The van der Waals surface area contributed by atoms with Crippen molar-refractivity contribution in [3.63, 3.8) is 0 Å². The minimum absolute atomic E-state index is 0.112. The molecular weight excluding hydrogens is 482 g/mol. The molecule has 6 rings (SSSR count). The highest BCUT2D eigenvalue weighted by atomic mass is 16.7. The maximum Gasteiger partial charge on any atom is 0.343 e. The fourth-order valence-electron chi connectivity index (χ4n) is 4.10. The molecule has 186 valence electrons. The van der Waals surface area contributed by atoms with Gasteiger partial charge in [0.25, 0.3) is 5.56 Å². The van der Waals surface area contributed by atoms with Crippen LogP contribution in [0.15, 0.2) is 101 Å². The lowest BCUT2D eigenvalue weighted by Gasteiger charge is -2.11. The summed E-state index contributed by atoms with van der Waals surface area (Å²) in [5.74, 6) is 1.19. The number of ether oxygens (including phenoxy) is 3. The van der Waals surface area contributed by atoms with Crippen LogP contribution in [-0.2, 0) is 0 Å². The average molecular weight is 504 g/mol. The van der Waals surface area contributed by atoms with Gasteiger partial charge in [0.1, 0.15) is 5.75 Å². The van der Waals surface area contributed by atoms with Crippen molar-refractivity contribution >= 4 is 23.1 Å². The normalized spacial score (nSPS) is 12.2. The van der Waals surface area contributed by atoms with Gasteiger partial charge >= 0.3 is 5.97 Å². The van der Waals surface area contributed by atoms with E-state index in [0.29, 0.717) is 39.4 Å². The summed E-state index contributed by atoms with van der Waals surface area (Å²) in [4.78, 5) is 31.1. The van der Waals surface area contributed by atoms with E-state index in [1.807, 2.05) is 37.3 Å². The molecule has 0 N–H and O–H groups in total. The molecule has 38 heavy (non-hydrogen) atoms. The molecule has 0 saturated heterocycles. The maximum absolute atomic E-state index is 13.5. The summed E-state index contributed by atoms with van der Waals surface area (Å²) < 4.78 is 17.6. The largest absolute Gasteiger partial charge is 0.454 e. The Labute approximate surface area is 217 Å². The number of hydrogen-bond donors (Lipinski definition) is 0. The second kappa shape index (κ2) is 9.67. The summed E-state index contributed by atoms with van der Waals surface area (Å²) in [6.45, 7) is 2.10. The highest BCUT2D eigenvalue weighted by Gasteiger charge is 2.18. The van der Waals surface area contributed by atoms with E-state index in [1.54, 1.807) is 60.7 Å². The first kappa shape index (κ1) is 23.2. The molecule has 1 aliphatic rings. The monoisotopic (exact) mass is 503 g/mol. The molecule has 8 heteroatoms. The van der Waals surface area contributed by atoms with Crippen LogP contribution in [0.1, 0.15) is 21.5 Å². The van der Waals surface area contributed by atoms with E-state index in [1.165, 1.54) is 10.9 Å². The number of carbonyl (C=O) groups excluding carboxylic acids is 1. The number of benzene rings is 4. The van der Waals surface area contributed by atoms with Crippen LogP contribution < -0.4 is 19.8 Å². The molecule has 0 radical (unpaired) electrons. The van der Waals surface area contributed by atoms with Crippen molar-refractivity contribution in [3.05, 3.63) is 118 Å². The number of para-hydroxylation sites is 2. The van der Waals surface area contributed by atoms with Crippen LogP contribution in [0.4, 0.5) is 0 Å². The first-order valence-electron chi connectivity index (χ1n) is 11.9. The molecule has 1 aromatic heterocycles. The lowest BCUT2D eigenvalue weighted by molar-refractivity contribution is 0.0734. The summed E-state index contributed by atoms with van der Waals surface area (Å²) in [7, 11) is 0. The number of fused-ring (bicyclic) bond motifs is 2. The molecule has 0 unspecified atom stereocenters. The number of esters is 1.